The van der Waals surface area contributed by atoms with Crippen molar-refractivity contribution in [2.45, 2.75) is 0 Å². The fourth-order valence-corrected chi connectivity index (χ4v) is 1.63. The SMILES string of the molecule is O=C1C=c2ccc(-c3cnc[nH]3)cc2=N1. The molecule has 1 aliphatic heterocycles. The molecule has 2 heterocycles. The van der Waals surface area contributed by atoms with E-state index in [1.165, 1.54) is 6.08 Å². The smallest absolute Gasteiger partial charge is 0.270 e. The molecule has 1 aromatic carbocycles. The van der Waals surface area contributed by atoms with Crippen molar-refractivity contribution < 1.29 is 4.79 Å². The maximum atomic E-state index is 11.1. The van der Waals surface area contributed by atoms with Crippen LogP contribution in [0.5, 0.6) is 0 Å². The van der Waals surface area contributed by atoms with Crippen molar-refractivity contribution in [1.82, 2.24) is 9.97 Å². The van der Waals surface area contributed by atoms with Gasteiger partial charge in [-0.3, -0.25) is 4.79 Å². The minimum Gasteiger partial charge on any atom is -0.345 e. The molecule has 72 valence electrons. The molecule has 0 unspecified atom stereocenters. The van der Waals surface area contributed by atoms with E-state index in [4.69, 9.17) is 0 Å². The lowest BCUT2D eigenvalue weighted by molar-refractivity contribution is -0.112. The molecule has 0 bridgehead atoms. The Kier molecular flexibility index (Phi) is 1.56. The van der Waals surface area contributed by atoms with E-state index in [9.17, 15) is 4.79 Å². The van der Waals surface area contributed by atoms with Crippen molar-refractivity contribution in [3.63, 3.8) is 0 Å². The molecule has 0 fully saturated rings. The quantitative estimate of drug-likeness (QED) is 0.700. The Morgan fingerprint density at radius 2 is 2.20 bits per heavy atom. The molecule has 0 aliphatic carbocycles. The third-order valence-corrected chi connectivity index (χ3v) is 2.35. The molecule has 1 aliphatic rings. The zero-order valence-electron chi connectivity index (χ0n) is 7.77. The van der Waals surface area contributed by atoms with Crippen molar-refractivity contribution in [2.75, 3.05) is 0 Å². The van der Waals surface area contributed by atoms with Crippen LogP contribution in [0.4, 0.5) is 0 Å². The van der Waals surface area contributed by atoms with Crippen LogP contribution in [0, 0.1) is 0 Å². The molecule has 0 saturated heterocycles. The summed E-state index contributed by atoms with van der Waals surface area (Å²) in [5, 5.41) is 1.61. The molecule has 4 heteroatoms. The Labute approximate surface area is 85.0 Å². The van der Waals surface area contributed by atoms with Gasteiger partial charge in [-0.15, -0.1) is 0 Å². The molecule has 1 N–H and O–H groups in total. The average molecular weight is 197 g/mol. The van der Waals surface area contributed by atoms with E-state index in [2.05, 4.69) is 15.0 Å². The lowest BCUT2D eigenvalue weighted by Crippen LogP contribution is -2.20. The molecular weight excluding hydrogens is 190 g/mol. The largest absolute Gasteiger partial charge is 0.345 e. The third-order valence-electron chi connectivity index (χ3n) is 2.35. The first-order chi connectivity index (χ1) is 7.33. The molecule has 0 spiro atoms. The van der Waals surface area contributed by atoms with Gasteiger partial charge in [0.15, 0.2) is 0 Å². The molecule has 3 rings (SSSR count). The predicted octanol–water partition coefficient (Wildman–Crippen LogP) is 0.0170. The molecule has 1 amide bonds. The Bertz CT molecular complexity index is 641. The summed E-state index contributed by atoms with van der Waals surface area (Å²) in [6.45, 7) is 0. The monoisotopic (exact) mass is 197 g/mol. The number of hydrogen-bond donors (Lipinski definition) is 1. The fourth-order valence-electron chi connectivity index (χ4n) is 1.63. The van der Waals surface area contributed by atoms with Gasteiger partial charge in [-0.05, 0) is 6.07 Å². The Morgan fingerprint density at radius 3 is 3.00 bits per heavy atom. The molecule has 0 saturated carbocycles. The number of carbonyl (C=O) groups is 1. The first-order valence-corrected chi connectivity index (χ1v) is 4.56. The number of imidazole rings is 1. The van der Waals surface area contributed by atoms with Gasteiger partial charge in [0.2, 0.25) is 0 Å². The first-order valence-electron chi connectivity index (χ1n) is 4.56. The van der Waals surface area contributed by atoms with Gasteiger partial charge in [0.25, 0.3) is 5.91 Å². The second kappa shape index (κ2) is 2.88. The van der Waals surface area contributed by atoms with Crippen LogP contribution in [-0.4, -0.2) is 15.9 Å². The summed E-state index contributed by atoms with van der Waals surface area (Å²) in [5.41, 5.74) is 1.91. The molecule has 2 aromatic rings. The van der Waals surface area contributed by atoms with Gasteiger partial charge < -0.3 is 4.98 Å². The topological polar surface area (TPSA) is 58.1 Å². The van der Waals surface area contributed by atoms with Gasteiger partial charge in [-0.1, -0.05) is 12.1 Å². The number of hydrogen-bond acceptors (Lipinski definition) is 2. The number of nitrogens with one attached hydrogen (secondary N) is 1. The van der Waals surface area contributed by atoms with Crippen LogP contribution in [0.2, 0.25) is 0 Å². The van der Waals surface area contributed by atoms with Gasteiger partial charge in [-0.2, -0.15) is 0 Å². The Morgan fingerprint density at radius 1 is 1.27 bits per heavy atom. The van der Waals surface area contributed by atoms with Gasteiger partial charge in [0, 0.05) is 16.9 Å². The van der Waals surface area contributed by atoms with E-state index < -0.39 is 0 Å². The van der Waals surface area contributed by atoms with Crippen molar-refractivity contribution in [2.24, 2.45) is 4.99 Å². The zero-order valence-corrected chi connectivity index (χ0v) is 7.77. The number of amides is 1. The Hall–Kier alpha value is -2.23. The lowest BCUT2D eigenvalue weighted by atomic mass is 10.1. The molecular formula is C11H7N3O. The maximum absolute atomic E-state index is 11.1. The van der Waals surface area contributed by atoms with Crippen molar-refractivity contribution >= 4 is 12.0 Å². The summed E-state index contributed by atoms with van der Waals surface area (Å²) in [6.07, 6.45) is 4.89. The lowest BCUT2D eigenvalue weighted by Gasteiger charge is -1.94. The summed E-state index contributed by atoms with van der Waals surface area (Å²) < 4.78 is 0. The van der Waals surface area contributed by atoms with Crippen LogP contribution in [0.25, 0.3) is 17.3 Å². The summed E-state index contributed by atoms with van der Waals surface area (Å²) in [6, 6.07) is 5.71. The Balaban J connectivity index is 2.25. The molecule has 0 radical (unpaired) electrons. The predicted molar refractivity (Wildman–Crippen MR) is 54.3 cm³/mol. The van der Waals surface area contributed by atoms with Crippen LogP contribution in [-0.2, 0) is 4.79 Å². The summed E-state index contributed by atoms with van der Waals surface area (Å²) >= 11 is 0. The van der Waals surface area contributed by atoms with Crippen LogP contribution in [0.1, 0.15) is 0 Å². The first kappa shape index (κ1) is 8.11. The third kappa shape index (κ3) is 1.27. The number of fused-ring (bicyclic) bond motifs is 1. The van der Waals surface area contributed by atoms with Gasteiger partial charge >= 0.3 is 0 Å². The maximum Gasteiger partial charge on any atom is 0.270 e. The number of aromatic amines is 1. The number of carbonyl (C=O) groups excluding carboxylic acids is 1. The van der Waals surface area contributed by atoms with E-state index in [0.717, 1.165) is 21.8 Å². The number of rotatable bonds is 1. The summed E-state index contributed by atoms with van der Waals surface area (Å²) in [4.78, 5) is 21.9. The summed E-state index contributed by atoms with van der Waals surface area (Å²) in [7, 11) is 0. The van der Waals surface area contributed by atoms with Crippen molar-refractivity contribution in [1.29, 1.82) is 0 Å². The van der Waals surface area contributed by atoms with Crippen LogP contribution in [0.15, 0.2) is 35.7 Å². The van der Waals surface area contributed by atoms with Gasteiger partial charge in [-0.25, -0.2) is 9.98 Å². The van der Waals surface area contributed by atoms with Crippen molar-refractivity contribution in [3.8, 4) is 11.3 Å². The molecule has 1 aromatic heterocycles. The zero-order chi connectivity index (χ0) is 10.3. The minimum absolute atomic E-state index is 0.188. The second-order valence-electron chi connectivity index (χ2n) is 3.33. The average Bonchev–Trinajstić information content (AvgIpc) is 2.82. The molecule has 0 atom stereocenters. The van der Waals surface area contributed by atoms with E-state index in [1.807, 2.05) is 18.2 Å². The number of nitrogens with zero attached hydrogens (tertiary/aromatic N) is 2. The van der Waals surface area contributed by atoms with E-state index >= 15 is 0 Å². The summed E-state index contributed by atoms with van der Waals surface area (Å²) in [5.74, 6) is -0.188. The molecule has 4 nitrogen and oxygen atoms in total. The minimum atomic E-state index is -0.188. The highest BCUT2D eigenvalue weighted by Crippen LogP contribution is 2.11. The van der Waals surface area contributed by atoms with E-state index in [1.54, 1.807) is 12.5 Å². The number of H-pyrrole nitrogens is 1. The van der Waals surface area contributed by atoms with Gasteiger partial charge in [0.1, 0.15) is 0 Å². The normalized spacial score (nSPS) is 13.2. The van der Waals surface area contributed by atoms with Gasteiger partial charge in [0.05, 0.1) is 23.6 Å². The van der Waals surface area contributed by atoms with E-state index in [0.29, 0.717) is 0 Å². The fraction of sp³-hybridized carbons (Fsp3) is 0. The number of aromatic nitrogens is 2. The highest BCUT2D eigenvalue weighted by atomic mass is 16.1. The van der Waals surface area contributed by atoms with Crippen LogP contribution >= 0.6 is 0 Å². The van der Waals surface area contributed by atoms with E-state index in [-0.39, 0.29) is 5.91 Å². The highest BCUT2D eigenvalue weighted by Gasteiger charge is 2.05. The number of benzene rings is 1. The standard InChI is InChI=1S/C11H7N3O/c15-11-4-8-2-1-7(3-9(8)14-11)10-5-12-6-13-10/h1-6H,(H,12,13). The highest BCUT2D eigenvalue weighted by molar-refractivity contribution is 6.06. The van der Waals surface area contributed by atoms with Crippen LogP contribution < -0.4 is 10.6 Å². The van der Waals surface area contributed by atoms with Crippen molar-refractivity contribution in [3.05, 3.63) is 41.3 Å². The van der Waals surface area contributed by atoms with Crippen LogP contribution in [0.3, 0.4) is 0 Å². The second-order valence-corrected chi connectivity index (χ2v) is 3.33. The molecule has 15 heavy (non-hydrogen) atoms.